The number of carbonyl (C=O) groups is 1. The third kappa shape index (κ3) is 3.93. The van der Waals surface area contributed by atoms with E-state index >= 15 is 0 Å². The first kappa shape index (κ1) is 16.4. The maximum atomic E-state index is 11.7. The van der Waals surface area contributed by atoms with Gasteiger partial charge in [-0.25, -0.2) is 4.79 Å². The summed E-state index contributed by atoms with van der Waals surface area (Å²) in [4.78, 5) is 18.9. The van der Waals surface area contributed by atoms with Crippen LogP contribution in [0.3, 0.4) is 0 Å². The van der Waals surface area contributed by atoms with E-state index in [-0.39, 0.29) is 5.97 Å². The standard InChI is InChI=1S/C14H16N2O2.CH3Br/c1-3-18-14(17)13(15-2)8-10-9-16-12-7-5-4-6-11(10)12;1-2/h4-7,9,16H,3,8H2,1-2H3;1H3. The summed E-state index contributed by atoms with van der Waals surface area (Å²) in [6.07, 6.45) is 2.40. The molecule has 0 spiro atoms. The maximum absolute atomic E-state index is 11.7. The number of halogens is 1. The molecule has 1 aromatic carbocycles. The fourth-order valence-corrected chi connectivity index (χ4v) is 1.92. The van der Waals surface area contributed by atoms with Crippen molar-refractivity contribution in [2.24, 2.45) is 4.99 Å². The molecule has 0 unspecified atom stereocenters. The quantitative estimate of drug-likeness (QED) is 0.528. The predicted molar refractivity (Wildman–Crippen MR) is 86.8 cm³/mol. The van der Waals surface area contributed by atoms with Gasteiger partial charge in [0.15, 0.2) is 0 Å². The molecule has 108 valence electrons. The van der Waals surface area contributed by atoms with Gasteiger partial charge in [-0.15, -0.1) is 0 Å². The second-order valence-corrected chi connectivity index (χ2v) is 3.93. The Morgan fingerprint density at radius 3 is 2.70 bits per heavy atom. The lowest BCUT2D eigenvalue weighted by molar-refractivity contribution is -0.135. The van der Waals surface area contributed by atoms with E-state index in [2.05, 4.69) is 25.9 Å². The number of para-hydroxylation sites is 1. The highest BCUT2D eigenvalue weighted by Crippen LogP contribution is 2.18. The Kier molecular flexibility index (Phi) is 7.01. The molecule has 1 N–H and O–H groups in total. The lowest BCUT2D eigenvalue weighted by Gasteiger charge is -2.04. The molecule has 0 fully saturated rings. The topological polar surface area (TPSA) is 54.5 Å². The van der Waals surface area contributed by atoms with Crippen molar-refractivity contribution < 1.29 is 9.53 Å². The van der Waals surface area contributed by atoms with Crippen LogP contribution in [0.15, 0.2) is 35.5 Å². The number of aromatic amines is 1. The van der Waals surface area contributed by atoms with Crippen molar-refractivity contribution in [2.45, 2.75) is 13.3 Å². The van der Waals surface area contributed by atoms with Crippen LogP contribution >= 0.6 is 15.9 Å². The Bertz CT molecular complexity index is 590. The van der Waals surface area contributed by atoms with Gasteiger partial charge >= 0.3 is 5.97 Å². The van der Waals surface area contributed by atoms with Gasteiger partial charge in [-0.1, -0.05) is 34.1 Å². The Labute approximate surface area is 127 Å². The van der Waals surface area contributed by atoms with Crippen LogP contribution in [0.2, 0.25) is 0 Å². The van der Waals surface area contributed by atoms with Crippen LogP contribution in [0.25, 0.3) is 10.9 Å². The van der Waals surface area contributed by atoms with E-state index < -0.39 is 0 Å². The molecule has 0 amide bonds. The highest BCUT2D eigenvalue weighted by Gasteiger charge is 2.14. The number of H-pyrrole nitrogens is 1. The van der Waals surface area contributed by atoms with Gasteiger partial charge in [0.25, 0.3) is 0 Å². The van der Waals surface area contributed by atoms with Gasteiger partial charge in [-0.05, 0) is 24.4 Å². The van der Waals surface area contributed by atoms with Crippen LogP contribution in [-0.2, 0) is 16.0 Å². The SMILES string of the molecule is CBr.CCOC(=O)C(Cc1c[nH]c2ccccc12)=NC. The van der Waals surface area contributed by atoms with Crippen LogP contribution in [0.4, 0.5) is 0 Å². The Morgan fingerprint density at radius 1 is 1.35 bits per heavy atom. The molecule has 0 aliphatic rings. The lowest BCUT2D eigenvalue weighted by Crippen LogP contribution is -2.19. The highest BCUT2D eigenvalue weighted by atomic mass is 79.9. The zero-order valence-corrected chi connectivity index (χ0v) is 13.5. The van der Waals surface area contributed by atoms with Gasteiger partial charge in [-0.3, -0.25) is 4.99 Å². The highest BCUT2D eigenvalue weighted by molar-refractivity contribution is 9.08. The number of nitrogens with one attached hydrogen (secondary N) is 1. The second-order valence-electron chi connectivity index (χ2n) is 3.93. The number of benzene rings is 1. The summed E-state index contributed by atoms with van der Waals surface area (Å²) < 4.78 is 4.98. The molecule has 5 heteroatoms. The van der Waals surface area contributed by atoms with Crippen molar-refractivity contribution >= 4 is 38.5 Å². The minimum atomic E-state index is -0.342. The summed E-state index contributed by atoms with van der Waals surface area (Å²) in [6, 6.07) is 7.99. The number of hydrogen-bond donors (Lipinski definition) is 1. The van der Waals surface area contributed by atoms with E-state index in [1.54, 1.807) is 14.0 Å². The molecule has 2 rings (SSSR count). The first-order chi connectivity index (χ1) is 9.76. The summed E-state index contributed by atoms with van der Waals surface area (Å²) in [6.45, 7) is 2.16. The monoisotopic (exact) mass is 338 g/mol. The molecule has 4 nitrogen and oxygen atoms in total. The van der Waals surface area contributed by atoms with Crippen molar-refractivity contribution in [3.63, 3.8) is 0 Å². The number of rotatable bonds is 4. The number of hydrogen-bond acceptors (Lipinski definition) is 3. The third-order valence-electron chi connectivity index (χ3n) is 2.81. The summed E-state index contributed by atoms with van der Waals surface area (Å²) >= 11 is 2.94. The number of aliphatic imine (C=N–C) groups is 1. The second kappa shape index (κ2) is 8.53. The number of fused-ring (bicyclic) bond motifs is 1. The van der Waals surface area contributed by atoms with Crippen LogP contribution in [-0.4, -0.2) is 36.2 Å². The number of aromatic nitrogens is 1. The zero-order chi connectivity index (χ0) is 15.0. The summed E-state index contributed by atoms with van der Waals surface area (Å²) in [5.41, 5.74) is 2.56. The largest absolute Gasteiger partial charge is 0.462 e. The molecule has 0 atom stereocenters. The zero-order valence-electron chi connectivity index (χ0n) is 11.9. The first-order valence-electron chi connectivity index (χ1n) is 6.31. The predicted octanol–water partition coefficient (Wildman–Crippen LogP) is 3.36. The first-order valence-corrected chi connectivity index (χ1v) is 7.90. The Hall–Kier alpha value is -1.62. The molecule has 0 aliphatic heterocycles. The van der Waals surface area contributed by atoms with Crippen LogP contribution in [0.5, 0.6) is 0 Å². The average Bonchev–Trinajstić information content (AvgIpc) is 2.90. The molecule has 0 bridgehead atoms. The van der Waals surface area contributed by atoms with Crippen molar-refractivity contribution in [2.75, 3.05) is 19.5 Å². The normalized spacial score (nSPS) is 10.9. The summed E-state index contributed by atoms with van der Waals surface area (Å²) in [5, 5.41) is 1.11. The molecule has 1 heterocycles. The molecule has 0 radical (unpaired) electrons. The minimum Gasteiger partial charge on any atom is -0.462 e. The van der Waals surface area contributed by atoms with E-state index in [0.29, 0.717) is 18.7 Å². The van der Waals surface area contributed by atoms with E-state index in [1.165, 1.54) is 0 Å². The summed E-state index contributed by atoms with van der Waals surface area (Å²) in [5.74, 6) is 1.47. The van der Waals surface area contributed by atoms with Crippen LogP contribution in [0.1, 0.15) is 12.5 Å². The van der Waals surface area contributed by atoms with E-state index in [0.717, 1.165) is 16.5 Å². The molecule has 1 aromatic heterocycles. The number of ether oxygens (including phenoxy) is 1. The van der Waals surface area contributed by atoms with E-state index in [1.807, 2.05) is 36.3 Å². The molecular formula is C15H19BrN2O2. The van der Waals surface area contributed by atoms with Gasteiger partial charge in [-0.2, -0.15) is 0 Å². The number of nitrogens with zero attached hydrogens (tertiary/aromatic N) is 1. The fourth-order valence-electron chi connectivity index (χ4n) is 1.92. The van der Waals surface area contributed by atoms with Gasteiger partial charge in [0, 0.05) is 30.6 Å². The van der Waals surface area contributed by atoms with Crippen molar-refractivity contribution in [3.05, 3.63) is 36.0 Å². The van der Waals surface area contributed by atoms with Gasteiger partial charge < -0.3 is 9.72 Å². The molecule has 0 saturated heterocycles. The Balaban J connectivity index is 0.000000956. The lowest BCUT2D eigenvalue weighted by atomic mass is 10.1. The van der Waals surface area contributed by atoms with Gasteiger partial charge in [0.05, 0.1) is 6.61 Å². The van der Waals surface area contributed by atoms with Crippen molar-refractivity contribution in [3.8, 4) is 0 Å². The molecule has 20 heavy (non-hydrogen) atoms. The third-order valence-corrected chi connectivity index (χ3v) is 2.81. The van der Waals surface area contributed by atoms with E-state index in [9.17, 15) is 4.79 Å². The maximum Gasteiger partial charge on any atom is 0.352 e. The van der Waals surface area contributed by atoms with Crippen molar-refractivity contribution in [1.29, 1.82) is 0 Å². The minimum absolute atomic E-state index is 0.342. The van der Waals surface area contributed by atoms with E-state index in [4.69, 9.17) is 4.74 Å². The Morgan fingerprint density at radius 2 is 2.05 bits per heavy atom. The number of alkyl halides is 1. The van der Waals surface area contributed by atoms with Crippen LogP contribution < -0.4 is 0 Å². The molecule has 2 aromatic rings. The fraction of sp³-hybridized carbons (Fsp3) is 0.333. The number of carbonyl (C=O) groups excluding carboxylic acids is 1. The number of esters is 1. The smallest absolute Gasteiger partial charge is 0.352 e. The van der Waals surface area contributed by atoms with Gasteiger partial charge in [0.2, 0.25) is 0 Å². The van der Waals surface area contributed by atoms with Gasteiger partial charge in [0.1, 0.15) is 5.71 Å². The van der Waals surface area contributed by atoms with Crippen LogP contribution in [0, 0.1) is 0 Å². The molecule has 0 saturated carbocycles. The molecular weight excluding hydrogens is 320 g/mol. The van der Waals surface area contributed by atoms with Crippen molar-refractivity contribution in [1.82, 2.24) is 4.98 Å². The summed E-state index contributed by atoms with van der Waals surface area (Å²) in [7, 11) is 1.61. The average molecular weight is 339 g/mol. The molecule has 0 aliphatic carbocycles.